The molecule has 2 aromatic carbocycles. The fraction of sp³-hybridized carbons (Fsp3) is 0.300. The van der Waals surface area contributed by atoms with Crippen LogP contribution >= 0.6 is 23.4 Å². The van der Waals surface area contributed by atoms with E-state index in [-0.39, 0.29) is 30.1 Å². The van der Waals surface area contributed by atoms with Crippen LogP contribution in [0.25, 0.3) is 0 Å². The van der Waals surface area contributed by atoms with Crippen LogP contribution < -0.4 is 10.6 Å². The van der Waals surface area contributed by atoms with E-state index in [2.05, 4.69) is 10.6 Å². The molecule has 28 heavy (non-hydrogen) atoms. The number of carbonyl (C=O) groups is 2. The van der Waals surface area contributed by atoms with Gasteiger partial charge < -0.3 is 15.5 Å². The third-order valence-electron chi connectivity index (χ3n) is 4.48. The minimum absolute atomic E-state index is 0.0574. The number of rotatable bonds is 6. The van der Waals surface area contributed by atoms with Crippen LogP contribution in [-0.2, 0) is 9.59 Å². The molecule has 3 rings (SSSR count). The average molecular weight is 422 g/mol. The summed E-state index contributed by atoms with van der Waals surface area (Å²) in [6.45, 7) is 0.320. The monoisotopic (exact) mass is 421 g/mol. The molecule has 0 aromatic heterocycles. The van der Waals surface area contributed by atoms with Gasteiger partial charge in [-0.15, -0.1) is 11.8 Å². The summed E-state index contributed by atoms with van der Waals surface area (Å²) >= 11 is 7.30. The highest BCUT2D eigenvalue weighted by Gasteiger charge is 2.29. The van der Waals surface area contributed by atoms with Crippen LogP contribution in [0.2, 0.25) is 5.02 Å². The second-order valence-corrected chi connectivity index (χ2v) is 8.46. The summed E-state index contributed by atoms with van der Waals surface area (Å²) < 4.78 is 13.5. The van der Waals surface area contributed by atoms with Crippen LogP contribution in [0.15, 0.2) is 47.4 Å². The third-order valence-corrected chi connectivity index (χ3v) is 5.99. The fourth-order valence-corrected chi connectivity index (χ4v) is 4.28. The van der Waals surface area contributed by atoms with Crippen molar-refractivity contribution in [3.05, 3.63) is 58.9 Å². The van der Waals surface area contributed by atoms with Crippen LogP contribution in [-0.4, -0.2) is 42.6 Å². The number of hydrogen-bond donors (Lipinski definition) is 2. The fourth-order valence-electron chi connectivity index (χ4n) is 3.02. The summed E-state index contributed by atoms with van der Waals surface area (Å²) in [7, 11) is 3.74. The van der Waals surface area contributed by atoms with Crippen molar-refractivity contribution in [3.63, 3.8) is 0 Å². The number of benzene rings is 2. The smallest absolute Gasteiger partial charge is 0.238 e. The molecular weight excluding hydrogens is 401 g/mol. The molecule has 2 N–H and O–H groups in total. The molecule has 0 radical (unpaired) electrons. The number of hydrogen-bond acceptors (Lipinski definition) is 4. The molecule has 0 spiro atoms. The van der Waals surface area contributed by atoms with Crippen molar-refractivity contribution in [2.75, 3.05) is 26.0 Å². The Labute approximate surface area is 172 Å². The Morgan fingerprint density at radius 3 is 2.82 bits per heavy atom. The number of halogens is 2. The highest BCUT2D eigenvalue weighted by atomic mass is 35.5. The Bertz CT molecular complexity index is 894. The lowest BCUT2D eigenvalue weighted by Crippen LogP contribution is -2.38. The van der Waals surface area contributed by atoms with Gasteiger partial charge in [0.1, 0.15) is 5.82 Å². The number of nitrogens with one attached hydrogen (secondary N) is 2. The van der Waals surface area contributed by atoms with Crippen LogP contribution in [0.5, 0.6) is 0 Å². The Hall–Kier alpha value is -2.09. The van der Waals surface area contributed by atoms with E-state index >= 15 is 0 Å². The van der Waals surface area contributed by atoms with Gasteiger partial charge in [-0.1, -0.05) is 23.7 Å². The minimum atomic E-state index is -0.513. The lowest BCUT2D eigenvalue weighted by molar-refractivity contribution is -0.124. The Balaban J connectivity index is 1.60. The Morgan fingerprint density at radius 2 is 2.11 bits per heavy atom. The van der Waals surface area contributed by atoms with Crippen molar-refractivity contribution in [3.8, 4) is 0 Å². The Morgan fingerprint density at radius 1 is 1.32 bits per heavy atom. The standard InChI is InChI=1S/C20H21ClFN3O2S/c1-25(2)16(12-4-3-5-14(22)8-12)11-23-19(26)10-18-20(27)24-15-9-13(21)6-7-17(15)28-18/h3-9,16,18H,10-11H2,1-2H3,(H,23,26)(H,24,27). The lowest BCUT2D eigenvalue weighted by Gasteiger charge is -2.26. The molecule has 1 heterocycles. The normalized spacial score (nSPS) is 17.0. The van der Waals surface area contributed by atoms with Crippen LogP contribution in [0, 0.1) is 5.82 Å². The number of carbonyl (C=O) groups excluding carboxylic acids is 2. The minimum Gasteiger partial charge on any atom is -0.354 e. The van der Waals surface area contributed by atoms with Crippen molar-refractivity contribution < 1.29 is 14.0 Å². The van der Waals surface area contributed by atoms with Crippen molar-refractivity contribution in [2.24, 2.45) is 0 Å². The van der Waals surface area contributed by atoms with Gasteiger partial charge in [-0.05, 0) is 50.0 Å². The molecule has 0 saturated carbocycles. The van der Waals surface area contributed by atoms with E-state index in [0.717, 1.165) is 10.5 Å². The van der Waals surface area contributed by atoms with Gasteiger partial charge in [-0.2, -0.15) is 0 Å². The SMILES string of the molecule is CN(C)C(CNC(=O)CC1Sc2ccc(Cl)cc2NC1=O)c1cccc(F)c1. The van der Waals surface area contributed by atoms with Gasteiger partial charge in [-0.25, -0.2) is 4.39 Å². The maximum Gasteiger partial charge on any atom is 0.238 e. The first-order valence-electron chi connectivity index (χ1n) is 8.79. The molecular formula is C20H21ClFN3O2S. The third kappa shape index (κ3) is 5.04. The highest BCUT2D eigenvalue weighted by Crippen LogP contribution is 2.38. The summed E-state index contributed by atoms with van der Waals surface area (Å²) in [5, 5.41) is 5.69. The van der Waals surface area contributed by atoms with Gasteiger partial charge >= 0.3 is 0 Å². The summed E-state index contributed by atoms with van der Waals surface area (Å²) in [5.74, 6) is -0.762. The molecule has 2 amide bonds. The van der Waals surface area contributed by atoms with Gasteiger partial charge in [0.2, 0.25) is 11.8 Å². The molecule has 0 bridgehead atoms. The highest BCUT2D eigenvalue weighted by molar-refractivity contribution is 8.01. The van der Waals surface area contributed by atoms with Gasteiger partial charge in [-0.3, -0.25) is 9.59 Å². The quantitative estimate of drug-likeness (QED) is 0.746. The zero-order valence-corrected chi connectivity index (χ0v) is 17.1. The van der Waals surface area contributed by atoms with E-state index in [1.165, 1.54) is 23.9 Å². The van der Waals surface area contributed by atoms with Crippen molar-refractivity contribution in [2.45, 2.75) is 22.6 Å². The number of fused-ring (bicyclic) bond motifs is 1. The largest absolute Gasteiger partial charge is 0.354 e. The van der Waals surface area contributed by atoms with Crippen LogP contribution in [0.4, 0.5) is 10.1 Å². The van der Waals surface area contributed by atoms with E-state index in [4.69, 9.17) is 11.6 Å². The maximum atomic E-state index is 13.5. The number of nitrogens with zero attached hydrogens (tertiary/aromatic N) is 1. The molecule has 0 saturated heterocycles. The van der Waals surface area contributed by atoms with Crippen molar-refractivity contribution in [1.29, 1.82) is 0 Å². The first kappa shape index (κ1) is 20.6. The van der Waals surface area contributed by atoms with E-state index in [1.807, 2.05) is 31.1 Å². The number of thioether (sulfide) groups is 1. The van der Waals surface area contributed by atoms with E-state index < -0.39 is 5.25 Å². The van der Waals surface area contributed by atoms with E-state index in [1.54, 1.807) is 18.2 Å². The summed E-state index contributed by atoms with van der Waals surface area (Å²) in [6.07, 6.45) is 0.0574. The predicted octanol–water partition coefficient (Wildman–Crippen LogP) is 3.70. The molecule has 0 fully saturated rings. The molecule has 2 atom stereocenters. The molecule has 8 heteroatoms. The number of likely N-dealkylation sites (N-methyl/N-ethyl adjacent to an activating group) is 1. The zero-order chi connectivity index (χ0) is 20.3. The van der Waals surface area contributed by atoms with Gasteiger partial charge in [0.25, 0.3) is 0 Å². The number of amides is 2. The van der Waals surface area contributed by atoms with Crippen molar-refractivity contribution >= 4 is 40.9 Å². The molecule has 0 aliphatic carbocycles. The van der Waals surface area contributed by atoms with Gasteiger partial charge in [0.15, 0.2) is 0 Å². The molecule has 148 valence electrons. The molecule has 2 aromatic rings. The second kappa shape index (κ2) is 8.94. The predicted molar refractivity (Wildman–Crippen MR) is 110 cm³/mol. The summed E-state index contributed by atoms with van der Waals surface area (Å²) in [6, 6.07) is 11.4. The van der Waals surface area contributed by atoms with Crippen LogP contribution in [0.1, 0.15) is 18.0 Å². The summed E-state index contributed by atoms with van der Waals surface area (Å²) in [4.78, 5) is 27.5. The second-order valence-electron chi connectivity index (χ2n) is 6.78. The average Bonchev–Trinajstić information content (AvgIpc) is 2.62. The molecule has 1 aliphatic heterocycles. The van der Waals surface area contributed by atoms with Gasteiger partial charge in [0.05, 0.1) is 17.0 Å². The topological polar surface area (TPSA) is 61.4 Å². The van der Waals surface area contributed by atoms with E-state index in [9.17, 15) is 14.0 Å². The lowest BCUT2D eigenvalue weighted by atomic mass is 10.1. The van der Waals surface area contributed by atoms with E-state index in [0.29, 0.717) is 17.3 Å². The van der Waals surface area contributed by atoms with Crippen LogP contribution in [0.3, 0.4) is 0 Å². The summed E-state index contributed by atoms with van der Waals surface area (Å²) in [5.41, 5.74) is 1.44. The molecule has 1 aliphatic rings. The molecule has 2 unspecified atom stereocenters. The maximum absolute atomic E-state index is 13.5. The van der Waals surface area contributed by atoms with Gasteiger partial charge in [0, 0.05) is 22.9 Å². The first-order valence-corrected chi connectivity index (χ1v) is 10.0. The number of anilines is 1. The zero-order valence-electron chi connectivity index (χ0n) is 15.5. The molecule has 5 nitrogen and oxygen atoms in total. The first-order chi connectivity index (χ1) is 13.3. The Kier molecular flexibility index (Phi) is 6.59. The van der Waals surface area contributed by atoms with Crippen molar-refractivity contribution in [1.82, 2.24) is 10.2 Å².